The molecule has 2 amide bonds. The Hall–Kier alpha value is -3.67. The van der Waals surface area contributed by atoms with Gasteiger partial charge in [-0.15, -0.1) is 10.2 Å². The number of alkyl halides is 3. The molecule has 0 saturated heterocycles. The Morgan fingerprint density at radius 1 is 1.16 bits per heavy atom. The zero-order valence-electron chi connectivity index (χ0n) is 16.7. The molecule has 0 saturated carbocycles. The second-order valence-electron chi connectivity index (χ2n) is 6.30. The van der Waals surface area contributed by atoms with Gasteiger partial charge in [0, 0.05) is 18.2 Å². The van der Waals surface area contributed by atoms with Gasteiger partial charge in [-0.25, -0.2) is 4.68 Å². The van der Waals surface area contributed by atoms with Gasteiger partial charge in [0.1, 0.15) is 0 Å². The number of ether oxygens (including phenoxy) is 1. The van der Waals surface area contributed by atoms with Crippen LogP contribution >= 0.6 is 11.6 Å². The van der Waals surface area contributed by atoms with Gasteiger partial charge in [0.2, 0.25) is 11.8 Å². The zero-order valence-corrected chi connectivity index (χ0v) is 17.5. The third-order valence-electron chi connectivity index (χ3n) is 4.15. The largest absolute Gasteiger partial charge is 0.480 e. The predicted molar refractivity (Wildman–Crippen MR) is 109 cm³/mol. The molecule has 0 fully saturated rings. The van der Waals surface area contributed by atoms with E-state index in [0.29, 0.717) is 10.4 Å². The van der Waals surface area contributed by atoms with Crippen molar-refractivity contribution in [3.05, 3.63) is 52.8 Å². The van der Waals surface area contributed by atoms with E-state index >= 15 is 0 Å². The maximum atomic E-state index is 13.8. The molecule has 32 heavy (non-hydrogen) atoms. The lowest BCUT2D eigenvalue weighted by atomic mass is 10.2. The van der Waals surface area contributed by atoms with Crippen molar-refractivity contribution < 1.29 is 27.5 Å². The Morgan fingerprint density at radius 2 is 1.91 bits per heavy atom. The zero-order chi connectivity index (χ0) is 23.5. The number of aromatic nitrogens is 4. The molecular weight excluding hydrogens is 453 g/mol. The minimum absolute atomic E-state index is 0.00989. The van der Waals surface area contributed by atoms with Crippen LogP contribution in [0, 0.1) is 0 Å². The summed E-state index contributed by atoms with van der Waals surface area (Å²) < 4.78 is 46.7. The molecule has 1 aromatic carbocycles. The maximum absolute atomic E-state index is 13.8. The third-order valence-corrected chi connectivity index (χ3v) is 4.48. The van der Waals surface area contributed by atoms with E-state index in [1.165, 1.54) is 37.4 Å². The Bertz CT molecular complexity index is 1150. The summed E-state index contributed by atoms with van der Waals surface area (Å²) in [6, 6.07) is 6.74. The Kier molecular flexibility index (Phi) is 6.63. The first-order valence-electron chi connectivity index (χ1n) is 9.08. The van der Waals surface area contributed by atoms with Crippen LogP contribution in [0.1, 0.15) is 29.4 Å². The van der Waals surface area contributed by atoms with Gasteiger partial charge >= 0.3 is 6.18 Å². The molecule has 0 aliphatic carbocycles. The van der Waals surface area contributed by atoms with Gasteiger partial charge in [-0.3, -0.25) is 9.59 Å². The van der Waals surface area contributed by atoms with Crippen LogP contribution in [0.25, 0.3) is 5.82 Å². The molecule has 2 aromatic heterocycles. The minimum atomic E-state index is -4.94. The van der Waals surface area contributed by atoms with Crippen molar-refractivity contribution in [3.63, 3.8) is 0 Å². The molecule has 0 radical (unpaired) electrons. The van der Waals surface area contributed by atoms with Crippen LogP contribution < -0.4 is 15.4 Å². The normalized spacial score (nSPS) is 11.2. The molecule has 168 valence electrons. The number of carbonyl (C=O) groups is 2. The topological polar surface area (TPSA) is 111 Å². The highest BCUT2D eigenvalue weighted by Crippen LogP contribution is 2.34. The van der Waals surface area contributed by atoms with Crippen LogP contribution in [-0.2, 0) is 11.0 Å². The van der Waals surface area contributed by atoms with E-state index in [1.807, 2.05) is 0 Å². The number of carbonyl (C=O) groups excluding carboxylic acids is 2. The molecule has 2 N–H and O–H groups in total. The smallest absolute Gasteiger partial charge is 0.434 e. The summed E-state index contributed by atoms with van der Waals surface area (Å²) in [6.07, 6.45) is -3.96. The minimum Gasteiger partial charge on any atom is -0.480 e. The average Bonchev–Trinajstić information content (AvgIpc) is 3.22. The van der Waals surface area contributed by atoms with Gasteiger partial charge in [0.25, 0.3) is 5.91 Å². The second kappa shape index (κ2) is 9.22. The number of hydrogen-bond acceptors (Lipinski definition) is 6. The van der Waals surface area contributed by atoms with Gasteiger partial charge in [-0.1, -0.05) is 18.5 Å². The van der Waals surface area contributed by atoms with Crippen LogP contribution in [0.5, 0.6) is 5.88 Å². The molecule has 0 aliphatic rings. The number of hydrogen-bond donors (Lipinski definition) is 2. The van der Waals surface area contributed by atoms with Crippen molar-refractivity contribution in [1.29, 1.82) is 0 Å². The summed E-state index contributed by atoms with van der Waals surface area (Å²) in [6.45, 7) is 1.65. The number of anilines is 2. The fraction of sp³-hybridized carbons (Fsp3) is 0.211. The van der Waals surface area contributed by atoms with Crippen LogP contribution in [0.2, 0.25) is 5.02 Å². The van der Waals surface area contributed by atoms with Crippen LogP contribution in [0.3, 0.4) is 0 Å². The predicted octanol–water partition coefficient (Wildman–Crippen LogP) is 3.94. The van der Waals surface area contributed by atoms with E-state index in [-0.39, 0.29) is 34.7 Å². The van der Waals surface area contributed by atoms with E-state index in [0.717, 1.165) is 6.20 Å². The fourth-order valence-corrected chi connectivity index (χ4v) is 2.80. The van der Waals surface area contributed by atoms with E-state index in [2.05, 4.69) is 25.9 Å². The lowest BCUT2D eigenvalue weighted by molar-refractivity contribution is -0.143. The summed E-state index contributed by atoms with van der Waals surface area (Å²) in [7, 11) is 1.33. The van der Waals surface area contributed by atoms with Crippen molar-refractivity contribution in [1.82, 2.24) is 20.0 Å². The lowest BCUT2D eigenvalue weighted by Gasteiger charge is -2.13. The SMILES string of the molecule is CCC(=O)Nc1ccc(Cl)c(NC(=O)c2cnn(-c3ccc(OC)nn3)c2C(F)(F)F)c1. The summed E-state index contributed by atoms with van der Waals surface area (Å²) in [5.74, 6) is -1.56. The van der Waals surface area contributed by atoms with Crippen molar-refractivity contribution in [3.8, 4) is 11.7 Å². The van der Waals surface area contributed by atoms with Crippen LogP contribution in [0.15, 0.2) is 36.5 Å². The Labute approximate surface area is 184 Å². The summed E-state index contributed by atoms with van der Waals surface area (Å²) in [5.41, 5.74) is -1.78. The second-order valence-corrected chi connectivity index (χ2v) is 6.71. The monoisotopic (exact) mass is 468 g/mol. The first kappa shape index (κ1) is 23.0. The fourth-order valence-electron chi connectivity index (χ4n) is 2.63. The van der Waals surface area contributed by atoms with Gasteiger partial charge in [0.15, 0.2) is 11.5 Å². The first-order chi connectivity index (χ1) is 15.1. The van der Waals surface area contributed by atoms with Crippen LogP contribution in [-0.4, -0.2) is 38.9 Å². The van der Waals surface area contributed by atoms with E-state index in [4.69, 9.17) is 16.3 Å². The lowest BCUT2D eigenvalue weighted by Crippen LogP contribution is -2.21. The summed E-state index contributed by atoms with van der Waals surface area (Å²) in [4.78, 5) is 24.3. The number of methoxy groups -OCH3 is 1. The van der Waals surface area contributed by atoms with Crippen molar-refractivity contribution in [2.24, 2.45) is 0 Å². The molecule has 0 unspecified atom stereocenters. The number of nitrogens with zero attached hydrogens (tertiary/aromatic N) is 4. The molecule has 3 rings (SSSR count). The summed E-state index contributed by atoms with van der Waals surface area (Å²) >= 11 is 6.06. The van der Waals surface area contributed by atoms with E-state index < -0.39 is 23.3 Å². The average molecular weight is 469 g/mol. The molecule has 13 heteroatoms. The number of benzene rings is 1. The van der Waals surface area contributed by atoms with Gasteiger partial charge < -0.3 is 15.4 Å². The van der Waals surface area contributed by atoms with Crippen molar-refractivity contribution in [2.75, 3.05) is 17.7 Å². The molecule has 0 bridgehead atoms. The number of nitrogens with one attached hydrogen (secondary N) is 2. The number of amides is 2. The van der Waals surface area contributed by atoms with E-state index in [1.54, 1.807) is 6.92 Å². The van der Waals surface area contributed by atoms with Gasteiger partial charge in [-0.2, -0.15) is 18.3 Å². The van der Waals surface area contributed by atoms with Crippen molar-refractivity contribution >= 4 is 34.8 Å². The highest BCUT2D eigenvalue weighted by Gasteiger charge is 2.41. The quantitative estimate of drug-likeness (QED) is 0.567. The molecular formula is C19H16ClF3N6O3. The molecule has 2 heterocycles. The molecule has 0 aliphatic heterocycles. The van der Waals surface area contributed by atoms with Crippen molar-refractivity contribution in [2.45, 2.75) is 19.5 Å². The molecule has 0 atom stereocenters. The first-order valence-corrected chi connectivity index (χ1v) is 9.46. The third kappa shape index (κ3) is 4.97. The number of halogens is 4. The van der Waals surface area contributed by atoms with Crippen LogP contribution in [0.4, 0.5) is 24.5 Å². The highest BCUT2D eigenvalue weighted by molar-refractivity contribution is 6.34. The Morgan fingerprint density at radius 3 is 2.50 bits per heavy atom. The maximum Gasteiger partial charge on any atom is 0.434 e. The van der Waals surface area contributed by atoms with Gasteiger partial charge in [-0.05, 0) is 24.3 Å². The molecule has 0 spiro atoms. The highest BCUT2D eigenvalue weighted by atomic mass is 35.5. The number of rotatable bonds is 6. The molecule has 9 nitrogen and oxygen atoms in total. The standard InChI is InChI=1S/C19H16ClF3N6O3/c1-3-15(30)25-10-4-5-12(20)13(8-10)26-18(31)11-9-24-29(17(11)19(21,22)23)14-6-7-16(32-2)28-27-14/h4-9H,3H2,1-2H3,(H,25,30)(H,26,31). The molecule has 3 aromatic rings. The van der Waals surface area contributed by atoms with E-state index in [9.17, 15) is 22.8 Å². The Balaban J connectivity index is 1.96. The van der Waals surface area contributed by atoms with Gasteiger partial charge in [0.05, 0.1) is 29.6 Å². The summed E-state index contributed by atoms with van der Waals surface area (Å²) in [5, 5.41) is 15.9.